The Hall–Kier alpha value is -2.67. The molecule has 1 amide bonds. The number of rotatable bonds is 3. The predicted molar refractivity (Wildman–Crippen MR) is 81.8 cm³/mol. The average molecular weight is 317 g/mol. The molecule has 23 heavy (non-hydrogen) atoms. The molecule has 0 bridgehead atoms. The Morgan fingerprint density at radius 3 is 3.00 bits per heavy atom. The predicted octanol–water partition coefficient (Wildman–Crippen LogP) is 1.48. The maximum atomic E-state index is 12.8. The molecule has 1 aliphatic rings. The standard InChI is InChI=1S/C16H16FN3O3/c1-20-13-6-11(22-8-10-2-5-15(17)19-7-10)3-4-14(13)23-9-12(18)16(20)21/h2-7,12H,8-9,18H2,1H3/t12-/m0/s1. The molecule has 1 atom stereocenters. The van der Waals surface area contributed by atoms with Crippen LogP contribution < -0.4 is 20.1 Å². The van der Waals surface area contributed by atoms with Crippen molar-refractivity contribution in [1.82, 2.24) is 4.98 Å². The second-order valence-corrected chi connectivity index (χ2v) is 5.22. The monoisotopic (exact) mass is 317 g/mol. The van der Waals surface area contributed by atoms with Crippen molar-refractivity contribution in [2.75, 3.05) is 18.6 Å². The summed E-state index contributed by atoms with van der Waals surface area (Å²) >= 11 is 0. The van der Waals surface area contributed by atoms with E-state index in [1.807, 2.05) is 0 Å². The number of ether oxygens (including phenoxy) is 2. The minimum absolute atomic E-state index is 0.137. The third-order valence-corrected chi connectivity index (χ3v) is 3.55. The molecule has 6 nitrogen and oxygen atoms in total. The number of carbonyl (C=O) groups is 1. The molecule has 0 radical (unpaired) electrons. The van der Waals surface area contributed by atoms with Crippen molar-refractivity contribution in [2.24, 2.45) is 5.73 Å². The maximum absolute atomic E-state index is 12.8. The van der Waals surface area contributed by atoms with Crippen LogP contribution >= 0.6 is 0 Å². The third-order valence-electron chi connectivity index (χ3n) is 3.55. The Labute approximate surface area is 132 Å². The number of carbonyl (C=O) groups excluding carboxylic acids is 1. The zero-order valence-corrected chi connectivity index (χ0v) is 12.5. The van der Waals surface area contributed by atoms with E-state index in [9.17, 15) is 9.18 Å². The van der Waals surface area contributed by atoms with Gasteiger partial charge in [-0.05, 0) is 24.3 Å². The number of nitrogens with zero attached hydrogens (tertiary/aromatic N) is 2. The first-order valence-electron chi connectivity index (χ1n) is 7.08. The first-order chi connectivity index (χ1) is 11.0. The number of pyridine rings is 1. The Morgan fingerprint density at radius 2 is 2.26 bits per heavy atom. The van der Waals surface area contributed by atoms with Gasteiger partial charge in [0.2, 0.25) is 11.9 Å². The highest BCUT2D eigenvalue weighted by molar-refractivity contribution is 5.98. The number of halogens is 1. The lowest BCUT2D eigenvalue weighted by Gasteiger charge is -2.18. The van der Waals surface area contributed by atoms with Gasteiger partial charge >= 0.3 is 0 Å². The van der Waals surface area contributed by atoms with Gasteiger partial charge in [0.1, 0.15) is 30.8 Å². The fourth-order valence-corrected chi connectivity index (χ4v) is 2.25. The lowest BCUT2D eigenvalue weighted by molar-refractivity contribution is -0.119. The van der Waals surface area contributed by atoms with Gasteiger partial charge in [0.05, 0.1) is 5.69 Å². The summed E-state index contributed by atoms with van der Waals surface area (Å²) in [5, 5.41) is 0. The minimum atomic E-state index is -0.693. The summed E-state index contributed by atoms with van der Waals surface area (Å²) in [4.78, 5) is 17.1. The molecule has 0 unspecified atom stereocenters. The highest BCUT2D eigenvalue weighted by Crippen LogP contribution is 2.34. The molecule has 2 heterocycles. The van der Waals surface area contributed by atoms with Crippen LogP contribution in [0.5, 0.6) is 11.5 Å². The Bertz CT molecular complexity index is 721. The molecular weight excluding hydrogens is 301 g/mol. The quantitative estimate of drug-likeness (QED) is 0.868. The molecule has 120 valence electrons. The van der Waals surface area contributed by atoms with E-state index < -0.39 is 12.0 Å². The smallest absolute Gasteiger partial charge is 0.247 e. The molecule has 0 aliphatic carbocycles. The number of likely N-dealkylation sites (N-methyl/N-ethyl adjacent to an activating group) is 1. The van der Waals surface area contributed by atoms with Crippen LogP contribution in [0.25, 0.3) is 0 Å². The van der Waals surface area contributed by atoms with Gasteiger partial charge in [0.15, 0.2) is 0 Å². The molecule has 0 spiro atoms. The first kappa shape index (κ1) is 15.2. The van der Waals surface area contributed by atoms with E-state index in [2.05, 4.69) is 4.98 Å². The average Bonchev–Trinajstić information content (AvgIpc) is 2.67. The van der Waals surface area contributed by atoms with Gasteiger partial charge in [-0.1, -0.05) is 0 Å². The van der Waals surface area contributed by atoms with E-state index in [4.69, 9.17) is 15.2 Å². The number of benzene rings is 1. The molecule has 0 saturated heterocycles. The molecule has 2 N–H and O–H groups in total. The van der Waals surface area contributed by atoms with Gasteiger partial charge in [0, 0.05) is 24.9 Å². The van der Waals surface area contributed by atoms with Gasteiger partial charge in [0.25, 0.3) is 0 Å². The normalized spacial score (nSPS) is 17.3. The number of nitrogens with two attached hydrogens (primary N) is 1. The summed E-state index contributed by atoms with van der Waals surface area (Å²) in [5.74, 6) is 0.382. The summed E-state index contributed by atoms with van der Waals surface area (Å²) in [7, 11) is 1.64. The summed E-state index contributed by atoms with van der Waals surface area (Å²) < 4.78 is 24.0. The number of anilines is 1. The Kier molecular flexibility index (Phi) is 4.12. The van der Waals surface area contributed by atoms with E-state index in [-0.39, 0.29) is 19.1 Å². The molecule has 1 aliphatic heterocycles. The van der Waals surface area contributed by atoms with Crippen LogP contribution in [0.15, 0.2) is 36.5 Å². The second-order valence-electron chi connectivity index (χ2n) is 5.22. The minimum Gasteiger partial charge on any atom is -0.489 e. The zero-order valence-electron chi connectivity index (χ0n) is 12.5. The SMILES string of the molecule is CN1C(=O)[C@@H](N)COc2ccc(OCc3ccc(F)nc3)cc21. The number of fused-ring (bicyclic) bond motifs is 1. The van der Waals surface area contributed by atoms with Crippen LogP contribution in [0.2, 0.25) is 0 Å². The Balaban J connectivity index is 1.78. The number of aromatic nitrogens is 1. The van der Waals surface area contributed by atoms with E-state index in [0.717, 1.165) is 5.56 Å². The van der Waals surface area contributed by atoms with Gasteiger partial charge in [-0.2, -0.15) is 4.39 Å². The fourth-order valence-electron chi connectivity index (χ4n) is 2.25. The van der Waals surface area contributed by atoms with Crippen molar-refractivity contribution in [3.63, 3.8) is 0 Å². The lowest BCUT2D eigenvalue weighted by atomic mass is 10.2. The summed E-state index contributed by atoms with van der Waals surface area (Å²) in [6.45, 7) is 0.377. The molecule has 0 saturated carbocycles. The lowest BCUT2D eigenvalue weighted by Crippen LogP contribution is -2.43. The van der Waals surface area contributed by atoms with Crippen molar-refractivity contribution in [2.45, 2.75) is 12.6 Å². The van der Waals surface area contributed by atoms with E-state index in [1.165, 1.54) is 17.2 Å². The molecule has 0 fully saturated rings. The molecule has 1 aromatic carbocycles. The van der Waals surface area contributed by atoms with Gasteiger partial charge < -0.3 is 20.1 Å². The van der Waals surface area contributed by atoms with Gasteiger partial charge in [-0.3, -0.25) is 4.79 Å². The number of amides is 1. The molecule has 7 heteroatoms. The highest BCUT2D eigenvalue weighted by atomic mass is 19.1. The second kappa shape index (κ2) is 6.21. The first-order valence-corrected chi connectivity index (χ1v) is 7.08. The van der Waals surface area contributed by atoms with Crippen molar-refractivity contribution < 1.29 is 18.7 Å². The molecule has 2 aromatic rings. The highest BCUT2D eigenvalue weighted by Gasteiger charge is 2.26. The maximum Gasteiger partial charge on any atom is 0.247 e. The molecular formula is C16H16FN3O3. The van der Waals surface area contributed by atoms with Crippen molar-refractivity contribution in [1.29, 1.82) is 0 Å². The topological polar surface area (TPSA) is 77.7 Å². The van der Waals surface area contributed by atoms with E-state index in [1.54, 1.807) is 31.3 Å². The van der Waals surface area contributed by atoms with Crippen LogP contribution in [0, 0.1) is 5.95 Å². The largest absolute Gasteiger partial charge is 0.489 e. The summed E-state index contributed by atoms with van der Waals surface area (Å²) in [6, 6.07) is 7.37. The van der Waals surface area contributed by atoms with Crippen LogP contribution in [0.4, 0.5) is 10.1 Å². The van der Waals surface area contributed by atoms with Crippen LogP contribution in [-0.2, 0) is 11.4 Å². The summed E-state index contributed by atoms with van der Waals surface area (Å²) in [6.07, 6.45) is 1.41. The molecule has 1 aromatic heterocycles. The van der Waals surface area contributed by atoms with E-state index >= 15 is 0 Å². The zero-order chi connectivity index (χ0) is 16.4. The number of hydrogen-bond donors (Lipinski definition) is 1. The van der Waals surface area contributed by atoms with Crippen molar-refractivity contribution in [3.8, 4) is 11.5 Å². The van der Waals surface area contributed by atoms with E-state index in [0.29, 0.717) is 17.2 Å². The van der Waals surface area contributed by atoms with Crippen LogP contribution in [-0.4, -0.2) is 30.6 Å². The van der Waals surface area contributed by atoms with Crippen LogP contribution in [0.1, 0.15) is 5.56 Å². The third kappa shape index (κ3) is 3.24. The number of hydrogen-bond acceptors (Lipinski definition) is 5. The van der Waals surface area contributed by atoms with Gasteiger partial charge in [-0.25, -0.2) is 4.98 Å². The molecule has 3 rings (SSSR count). The van der Waals surface area contributed by atoms with Crippen LogP contribution in [0.3, 0.4) is 0 Å². The van der Waals surface area contributed by atoms with Crippen molar-refractivity contribution in [3.05, 3.63) is 48.0 Å². The Morgan fingerprint density at radius 1 is 1.43 bits per heavy atom. The fraction of sp³-hybridized carbons (Fsp3) is 0.250. The summed E-state index contributed by atoms with van der Waals surface area (Å²) in [5.41, 5.74) is 7.08. The van der Waals surface area contributed by atoms with Crippen molar-refractivity contribution >= 4 is 11.6 Å². The van der Waals surface area contributed by atoms with Gasteiger partial charge in [-0.15, -0.1) is 0 Å².